The van der Waals surface area contributed by atoms with E-state index in [1.807, 2.05) is 18.2 Å². The SMILES string of the molecule is Clc1cccc(Cl)c1CN1CCC2(CCNC2)C1. The Hall–Kier alpha value is -0.280. The average molecular weight is 285 g/mol. The summed E-state index contributed by atoms with van der Waals surface area (Å²) in [7, 11) is 0. The minimum Gasteiger partial charge on any atom is -0.316 e. The smallest absolute Gasteiger partial charge is 0.0465 e. The van der Waals surface area contributed by atoms with E-state index in [2.05, 4.69) is 10.2 Å². The van der Waals surface area contributed by atoms with E-state index in [0.717, 1.165) is 28.7 Å². The number of rotatable bonds is 2. The van der Waals surface area contributed by atoms with Crippen molar-refractivity contribution in [2.24, 2.45) is 5.41 Å². The highest BCUT2D eigenvalue weighted by Crippen LogP contribution is 2.37. The lowest BCUT2D eigenvalue weighted by Gasteiger charge is -2.23. The van der Waals surface area contributed by atoms with Crippen molar-refractivity contribution in [1.82, 2.24) is 10.2 Å². The zero-order chi connectivity index (χ0) is 12.6. The van der Waals surface area contributed by atoms with Crippen LogP contribution in [-0.2, 0) is 6.54 Å². The largest absolute Gasteiger partial charge is 0.316 e. The van der Waals surface area contributed by atoms with Gasteiger partial charge in [0.2, 0.25) is 0 Å². The molecule has 0 aromatic heterocycles. The minimum absolute atomic E-state index is 0.508. The molecule has 0 bridgehead atoms. The number of nitrogens with one attached hydrogen (secondary N) is 1. The van der Waals surface area contributed by atoms with Crippen molar-refractivity contribution in [2.45, 2.75) is 19.4 Å². The Morgan fingerprint density at radius 3 is 2.67 bits per heavy atom. The fourth-order valence-electron chi connectivity index (χ4n) is 3.21. The summed E-state index contributed by atoms with van der Waals surface area (Å²) in [6, 6.07) is 5.75. The molecule has 0 amide bonds. The normalized spacial score (nSPS) is 28.3. The molecule has 18 heavy (non-hydrogen) atoms. The van der Waals surface area contributed by atoms with E-state index in [4.69, 9.17) is 23.2 Å². The number of likely N-dealkylation sites (tertiary alicyclic amines) is 1. The standard InChI is InChI=1S/C14H18Cl2N2/c15-12-2-1-3-13(16)11(12)8-18-7-5-14(10-18)4-6-17-9-14/h1-3,17H,4-10H2. The Bertz CT molecular complexity index is 421. The molecule has 4 heteroatoms. The molecular formula is C14H18Cl2N2. The zero-order valence-corrected chi connectivity index (χ0v) is 11.9. The van der Waals surface area contributed by atoms with E-state index in [0.29, 0.717) is 5.41 Å². The maximum Gasteiger partial charge on any atom is 0.0465 e. The third-order valence-corrected chi connectivity index (χ3v) is 5.00. The number of hydrogen-bond donors (Lipinski definition) is 1. The van der Waals surface area contributed by atoms with Gasteiger partial charge in [0, 0.05) is 35.2 Å². The van der Waals surface area contributed by atoms with Gasteiger partial charge in [0.15, 0.2) is 0 Å². The van der Waals surface area contributed by atoms with Crippen LogP contribution in [0.3, 0.4) is 0 Å². The molecule has 1 atom stereocenters. The lowest BCUT2D eigenvalue weighted by Crippen LogP contribution is -2.29. The van der Waals surface area contributed by atoms with Crippen molar-refractivity contribution >= 4 is 23.2 Å². The fourth-order valence-corrected chi connectivity index (χ4v) is 3.73. The summed E-state index contributed by atoms with van der Waals surface area (Å²) < 4.78 is 0. The van der Waals surface area contributed by atoms with Crippen LogP contribution < -0.4 is 5.32 Å². The lowest BCUT2D eigenvalue weighted by atomic mass is 9.86. The molecule has 0 saturated carbocycles. The van der Waals surface area contributed by atoms with Gasteiger partial charge in [0.05, 0.1) is 0 Å². The van der Waals surface area contributed by atoms with E-state index < -0.39 is 0 Å². The van der Waals surface area contributed by atoms with Gasteiger partial charge in [-0.05, 0) is 43.5 Å². The van der Waals surface area contributed by atoms with Crippen LogP contribution in [0, 0.1) is 5.41 Å². The summed E-state index contributed by atoms with van der Waals surface area (Å²) in [5, 5.41) is 5.05. The molecular weight excluding hydrogens is 267 g/mol. The van der Waals surface area contributed by atoms with Gasteiger partial charge < -0.3 is 5.32 Å². The van der Waals surface area contributed by atoms with Crippen LogP contribution >= 0.6 is 23.2 Å². The lowest BCUT2D eigenvalue weighted by molar-refractivity contribution is 0.269. The van der Waals surface area contributed by atoms with Crippen LogP contribution in [0.25, 0.3) is 0 Å². The second kappa shape index (κ2) is 5.01. The maximum absolute atomic E-state index is 6.24. The van der Waals surface area contributed by atoms with Gasteiger partial charge in [-0.1, -0.05) is 29.3 Å². The summed E-state index contributed by atoms with van der Waals surface area (Å²) in [5.74, 6) is 0. The van der Waals surface area contributed by atoms with E-state index in [9.17, 15) is 0 Å². The Kier molecular flexibility index (Phi) is 3.55. The first kappa shape index (κ1) is 12.7. The van der Waals surface area contributed by atoms with Crippen molar-refractivity contribution < 1.29 is 0 Å². The van der Waals surface area contributed by atoms with E-state index in [-0.39, 0.29) is 0 Å². The van der Waals surface area contributed by atoms with Gasteiger partial charge >= 0.3 is 0 Å². The quantitative estimate of drug-likeness (QED) is 0.897. The molecule has 3 rings (SSSR count). The van der Waals surface area contributed by atoms with Crippen molar-refractivity contribution in [3.8, 4) is 0 Å². The Labute approximate surface area is 118 Å². The second-order valence-corrected chi connectivity index (χ2v) is 6.40. The number of halogens is 2. The highest BCUT2D eigenvalue weighted by Gasteiger charge is 2.40. The predicted octanol–water partition coefficient (Wildman–Crippen LogP) is 3.18. The Balaban J connectivity index is 1.71. The van der Waals surface area contributed by atoms with Crippen LogP contribution in [0.15, 0.2) is 18.2 Å². The molecule has 1 spiro atoms. The number of nitrogens with zero attached hydrogens (tertiary/aromatic N) is 1. The second-order valence-electron chi connectivity index (χ2n) is 5.59. The highest BCUT2D eigenvalue weighted by atomic mass is 35.5. The average Bonchev–Trinajstić information content (AvgIpc) is 2.96. The topological polar surface area (TPSA) is 15.3 Å². The maximum atomic E-state index is 6.24. The first-order valence-electron chi connectivity index (χ1n) is 6.55. The third kappa shape index (κ3) is 2.39. The summed E-state index contributed by atoms with van der Waals surface area (Å²) >= 11 is 12.5. The number of hydrogen-bond acceptors (Lipinski definition) is 2. The van der Waals surface area contributed by atoms with Crippen molar-refractivity contribution in [2.75, 3.05) is 26.2 Å². The van der Waals surface area contributed by atoms with Gasteiger partial charge in [-0.2, -0.15) is 0 Å². The molecule has 2 nitrogen and oxygen atoms in total. The van der Waals surface area contributed by atoms with Crippen molar-refractivity contribution in [1.29, 1.82) is 0 Å². The first-order chi connectivity index (χ1) is 8.69. The van der Waals surface area contributed by atoms with Gasteiger partial charge in [-0.25, -0.2) is 0 Å². The number of benzene rings is 1. The summed E-state index contributed by atoms with van der Waals surface area (Å²) in [4.78, 5) is 2.49. The van der Waals surface area contributed by atoms with Gasteiger partial charge in [0.1, 0.15) is 0 Å². The van der Waals surface area contributed by atoms with Crippen LogP contribution in [0.4, 0.5) is 0 Å². The van der Waals surface area contributed by atoms with Crippen LogP contribution in [-0.4, -0.2) is 31.1 Å². The Morgan fingerprint density at radius 2 is 2.00 bits per heavy atom. The van der Waals surface area contributed by atoms with Crippen LogP contribution in [0.2, 0.25) is 10.0 Å². The predicted molar refractivity (Wildman–Crippen MR) is 76.3 cm³/mol. The molecule has 2 fully saturated rings. The molecule has 1 aromatic carbocycles. The molecule has 2 aliphatic rings. The molecule has 0 radical (unpaired) electrons. The highest BCUT2D eigenvalue weighted by molar-refractivity contribution is 6.35. The van der Waals surface area contributed by atoms with Crippen molar-refractivity contribution in [3.05, 3.63) is 33.8 Å². The summed E-state index contributed by atoms with van der Waals surface area (Å²) in [6.07, 6.45) is 2.60. The third-order valence-electron chi connectivity index (χ3n) is 4.29. The van der Waals surface area contributed by atoms with Crippen molar-refractivity contribution in [3.63, 3.8) is 0 Å². The van der Waals surface area contributed by atoms with Crippen LogP contribution in [0.5, 0.6) is 0 Å². The fraction of sp³-hybridized carbons (Fsp3) is 0.571. The molecule has 1 aromatic rings. The Morgan fingerprint density at radius 1 is 1.22 bits per heavy atom. The van der Waals surface area contributed by atoms with Gasteiger partial charge in [-0.3, -0.25) is 4.90 Å². The van der Waals surface area contributed by atoms with Gasteiger partial charge in [-0.15, -0.1) is 0 Å². The van der Waals surface area contributed by atoms with E-state index >= 15 is 0 Å². The molecule has 2 heterocycles. The first-order valence-corrected chi connectivity index (χ1v) is 7.30. The van der Waals surface area contributed by atoms with Gasteiger partial charge in [0.25, 0.3) is 0 Å². The molecule has 98 valence electrons. The van der Waals surface area contributed by atoms with E-state index in [1.165, 1.54) is 32.5 Å². The monoisotopic (exact) mass is 284 g/mol. The van der Waals surface area contributed by atoms with Crippen LogP contribution in [0.1, 0.15) is 18.4 Å². The van der Waals surface area contributed by atoms with E-state index in [1.54, 1.807) is 0 Å². The molecule has 1 N–H and O–H groups in total. The summed E-state index contributed by atoms with van der Waals surface area (Å²) in [5.41, 5.74) is 1.58. The molecule has 0 aliphatic carbocycles. The molecule has 2 saturated heterocycles. The molecule has 2 aliphatic heterocycles. The minimum atomic E-state index is 0.508. The summed E-state index contributed by atoms with van der Waals surface area (Å²) in [6.45, 7) is 5.53. The molecule has 1 unspecified atom stereocenters. The zero-order valence-electron chi connectivity index (χ0n) is 10.4.